The number of benzene rings is 1. The molecule has 1 aromatic heterocycles. The van der Waals surface area contributed by atoms with Crippen LogP contribution in [-0.4, -0.2) is 35.0 Å². The molecule has 0 atom stereocenters. The minimum Gasteiger partial charge on any atom is -0.481 e. The summed E-state index contributed by atoms with van der Waals surface area (Å²) in [6.45, 7) is 0.302. The van der Waals surface area contributed by atoms with Gasteiger partial charge >= 0.3 is 5.97 Å². The Balaban J connectivity index is 2.01. The highest BCUT2D eigenvalue weighted by molar-refractivity contribution is 7.91. The molecule has 0 fully saturated rings. The van der Waals surface area contributed by atoms with Crippen molar-refractivity contribution in [1.29, 1.82) is 0 Å². The molecule has 0 unspecified atom stereocenters. The molecule has 1 heterocycles. The summed E-state index contributed by atoms with van der Waals surface area (Å²) < 4.78 is 25.9. The van der Waals surface area contributed by atoms with E-state index in [9.17, 15) is 13.2 Å². The van der Waals surface area contributed by atoms with Gasteiger partial charge in [-0.25, -0.2) is 8.42 Å². The van der Waals surface area contributed by atoms with Crippen LogP contribution in [0, 0.1) is 0 Å². The maximum atomic E-state index is 12.2. The van der Waals surface area contributed by atoms with Crippen LogP contribution in [0.5, 0.6) is 0 Å². The average Bonchev–Trinajstić information content (AvgIpc) is 2.97. The number of carboxylic acids is 1. The van der Waals surface area contributed by atoms with E-state index in [0.717, 1.165) is 5.56 Å². The van der Waals surface area contributed by atoms with Crippen LogP contribution in [-0.2, 0) is 27.6 Å². The first-order chi connectivity index (χ1) is 9.97. The third-order valence-corrected chi connectivity index (χ3v) is 4.77. The minimum atomic E-state index is -3.36. The van der Waals surface area contributed by atoms with E-state index >= 15 is 0 Å². The fourth-order valence-electron chi connectivity index (χ4n) is 1.88. The fraction of sp³-hybridized carbons (Fsp3) is 0.286. The number of sulfone groups is 1. The summed E-state index contributed by atoms with van der Waals surface area (Å²) in [4.78, 5) is 10.7. The second kappa shape index (κ2) is 6.53. The van der Waals surface area contributed by atoms with Crippen molar-refractivity contribution < 1.29 is 18.3 Å². The van der Waals surface area contributed by atoms with E-state index in [1.165, 1.54) is 12.1 Å². The third-order valence-electron chi connectivity index (χ3n) is 3.06. The van der Waals surface area contributed by atoms with Crippen LogP contribution in [0.15, 0.2) is 47.6 Å². The normalized spacial score (nSPS) is 11.4. The fourth-order valence-corrected chi connectivity index (χ4v) is 3.09. The lowest BCUT2D eigenvalue weighted by Gasteiger charge is -2.06. The van der Waals surface area contributed by atoms with Crippen LogP contribution in [0.1, 0.15) is 12.0 Å². The Labute approximate surface area is 123 Å². The van der Waals surface area contributed by atoms with Gasteiger partial charge in [-0.2, -0.15) is 5.10 Å². The second-order valence-electron chi connectivity index (χ2n) is 4.63. The minimum absolute atomic E-state index is 0.0247. The molecule has 1 N–H and O–H groups in total. The first-order valence-electron chi connectivity index (χ1n) is 6.48. The number of nitrogens with zero attached hydrogens (tertiary/aromatic N) is 2. The number of rotatable bonds is 7. The van der Waals surface area contributed by atoms with E-state index in [-0.39, 0.29) is 17.1 Å². The van der Waals surface area contributed by atoms with Crippen molar-refractivity contribution in [3.05, 3.63) is 48.3 Å². The van der Waals surface area contributed by atoms with Gasteiger partial charge in [0.05, 0.1) is 17.2 Å². The van der Waals surface area contributed by atoms with Gasteiger partial charge in [-0.1, -0.05) is 12.1 Å². The van der Waals surface area contributed by atoms with Crippen LogP contribution in [0.25, 0.3) is 0 Å². The van der Waals surface area contributed by atoms with Crippen LogP contribution in [0.3, 0.4) is 0 Å². The molecule has 0 aliphatic carbocycles. The Bertz CT molecular complexity index is 691. The Morgan fingerprint density at radius 1 is 1.24 bits per heavy atom. The monoisotopic (exact) mass is 308 g/mol. The summed E-state index contributed by atoms with van der Waals surface area (Å²) >= 11 is 0. The molecule has 6 nitrogen and oxygen atoms in total. The van der Waals surface area contributed by atoms with Crippen LogP contribution >= 0.6 is 0 Å². The van der Waals surface area contributed by atoms with Crippen molar-refractivity contribution in [1.82, 2.24) is 9.78 Å². The van der Waals surface area contributed by atoms with Crippen molar-refractivity contribution in [2.24, 2.45) is 0 Å². The summed E-state index contributed by atoms with van der Waals surface area (Å²) in [7, 11) is -3.36. The molecule has 2 rings (SSSR count). The molecule has 0 amide bonds. The summed E-state index contributed by atoms with van der Waals surface area (Å²) in [6, 6.07) is 8.10. The molecule has 0 bridgehead atoms. The Hall–Kier alpha value is -2.15. The molecule has 0 spiro atoms. The Kier molecular flexibility index (Phi) is 4.74. The van der Waals surface area contributed by atoms with Gasteiger partial charge in [-0.3, -0.25) is 9.48 Å². The molecule has 1 aromatic carbocycles. The number of hydrogen-bond donors (Lipinski definition) is 1. The molecule has 0 saturated carbocycles. The molecule has 0 aliphatic heterocycles. The lowest BCUT2D eigenvalue weighted by atomic mass is 10.1. The summed E-state index contributed by atoms with van der Waals surface area (Å²) in [6.07, 6.45) is 3.74. The maximum Gasteiger partial charge on any atom is 0.303 e. The molecule has 0 saturated heterocycles. The van der Waals surface area contributed by atoms with Crippen LogP contribution in [0.2, 0.25) is 0 Å². The SMILES string of the molecule is O=C(O)CCc1ccc(S(=O)(=O)CCn2cccn2)cc1. The first kappa shape index (κ1) is 15.2. The zero-order valence-electron chi connectivity index (χ0n) is 11.3. The maximum absolute atomic E-state index is 12.2. The highest BCUT2D eigenvalue weighted by Gasteiger charge is 2.14. The number of carboxylic acid groups (broad SMARTS) is 1. The van der Waals surface area contributed by atoms with Crippen molar-refractivity contribution in [3.63, 3.8) is 0 Å². The second-order valence-corrected chi connectivity index (χ2v) is 6.73. The highest BCUT2D eigenvalue weighted by Crippen LogP contribution is 2.14. The zero-order chi connectivity index (χ0) is 15.3. The molecular weight excluding hydrogens is 292 g/mol. The third kappa shape index (κ3) is 4.42. The molecular formula is C14H16N2O4S. The van der Waals surface area contributed by atoms with Crippen molar-refractivity contribution in [3.8, 4) is 0 Å². The van der Waals surface area contributed by atoms with Crippen LogP contribution in [0.4, 0.5) is 0 Å². The largest absolute Gasteiger partial charge is 0.481 e. The Morgan fingerprint density at radius 2 is 1.95 bits per heavy atom. The van der Waals surface area contributed by atoms with E-state index in [1.54, 1.807) is 35.3 Å². The van der Waals surface area contributed by atoms with Gasteiger partial charge in [0.25, 0.3) is 0 Å². The van der Waals surface area contributed by atoms with Gasteiger partial charge in [0.15, 0.2) is 9.84 Å². The quantitative estimate of drug-likeness (QED) is 0.834. The van der Waals surface area contributed by atoms with E-state index in [4.69, 9.17) is 5.11 Å². The molecule has 112 valence electrons. The number of aromatic nitrogens is 2. The molecule has 21 heavy (non-hydrogen) atoms. The molecule has 2 aromatic rings. The lowest BCUT2D eigenvalue weighted by molar-refractivity contribution is -0.136. The standard InChI is InChI=1S/C14H16N2O4S/c17-14(18)7-4-12-2-5-13(6-3-12)21(19,20)11-10-16-9-1-8-15-16/h1-3,5-6,8-9H,4,7,10-11H2,(H,17,18). The van der Waals surface area contributed by atoms with Crippen molar-refractivity contribution in [2.75, 3.05) is 5.75 Å². The van der Waals surface area contributed by atoms with Gasteiger partial charge in [0, 0.05) is 18.8 Å². The van der Waals surface area contributed by atoms with Gasteiger partial charge in [0.2, 0.25) is 0 Å². The molecule has 0 radical (unpaired) electrons. The zero-order valence-corrected chi connectivity index (χ0v) is 12.2. The van der Waals surface area contributed by atoms with Gasteiger partial charge < -0.3 is 5.11 Å². The summed E-state index contributed by atoms with van der Waals surface area (Å²) in [5.41, 5.74) is 0.809. The summed E-state index contributed by atoms with van der Waals surface area (Å²) in [5, 5.41) is 12.6. The van der Waals surface area contributed by atoms with E-state index in [2.05, 4.69) is 5.10 Å². The smallest absolute Gasteiger partial charge is 0.303 e. The lowest BCUT2D eigenvalue weighted by Crippen LogP contribution is -2.13. The highest BCUT2D eigenvalue weighted by atomic mass is 32.2. The van der Waals surface area contributed by atoms with Gasteiger partial charge in [-0.05, 0) is 30.2 Å². The van der Waals surface area contributed by atoms with E-state index in [0.29, 0.717) is 13.0 Å². The van der Waals surface area contributed by atoms with E-state index in [1.807, 2.05) is 0 Å². The number of aliphatic carboxylic acids is 1. The van der Waals surface area contributed by atoms with Gasteiger partial charge in [0.1, 0.15) is 0 Å². The average molecular weight is 308 g/mol. The van der Waals surface area contributed by atoms with E-state index < -0.39 is 15.8 Å². The molecule has 7 heteroatoms. The van der Waals surface area contributed by atoms with Crippen molar-refractivity contribution >= 4 is 15.8 Å². The predicted octanol–water partition coefficient (Wildman–Crippen LogP) is 1.37. The van der Waals surface area contributed by atoms with Crippen molar-refractivity contribution in [2.45, 2.75) is 24.3 Å². The van der Waals surface area contributed by atoms with Crippen LogP contribution < -0.4 is 0 Å². The first-order valence-corrected chi connectivity index (χ1v) is 8.13. The number of hydrogen-bond acceptors (Lipinski definition) is 4. The Morgan fingerprint density at radius 3 is 2.52 bits per heavy atom. The molecule has 0 aliphatic rings. The summed E-state index contributed by atoms with van der Waals surface area (Å²) in [5.74, 6) is -0.894. The predicted molar refractivity (Wildman–Crippen MR) is 76.7 cm³/mol. The van der Waals surface area contributed by atoms with Gasteiger partial charge in [-0.15, -0.1) is 0 Å². The number of carbonyl (C=O) groups is 1. The number of aryl methyl sites for hydroxylation is 2. The topological polar surface area (TPSA) is 89.3 Å².